The van der Waals surface area contributed by atoms with Crippen molar-refractivity contribution < 1.29 is 38.4 Å². The number of amides is 2. The van der Waals surface area contributed by atoms with Gasteiger partial charge in [-0.05, 0) is 61.0 Å². The largest absolute Gasteiger partial charge is 0.462 e. The number of ketones is 1. The van der Waals surface area contributed by atoms with Gasteiger partial charge >= 0.3 is 11.9 Å². The number of benzene rings is 3. The summed E-state index contributed by atoms with van der Waals surface area (Å²) in [6.45, 7) is 1.54. The van der Waals surface area contributed by atoms with Gasteiger partial charge in [0.25, 0.3) is 17.5 Å². The summed E-state index contributed by atoms with van der Waals surface area (Å²) in [4.78, 5) is 74.4. The van der Waals surface area contributed by atoms with E-state index in [0.29, 0.717) is 0 Å². The number of anilines is 1. The van der Waals surface area contributed by atoms with E-state index in [1.807, 2.05) is 6.92 Å². The summed E-state index contributed by atoms with van der Waals surface area (Å²) in [5.74, 6) is -3.46. The third kappa shape index (κ3) is 5.74. The predicted octanol–water partition coefficient (Wildman–Crippen LogP) is 5.05. The van der Waals surface area contributed by atoms with Crippen LogP contribution in [0.5, 0.6) is 0 Å². The SMILES string of the molecule is CCCCOC(=O)c1ccc(N2C(=O)c3ccc(C(=O)OCC(=O)c4ccc(Cl)c([N+](=O)[O-])c4)cc3C2=O)cc1. The van der Waals surface area contributed by atoms with E-state index in [1.165, 1.54) is 54.6 Å². The fourth-order valence-corrected chi connectivity index (χ4v) is 4.05. The normalized spacial score (nSPS) is 12.2. The summed E-state index contributed by atoms with van der Waals surface area (Å²) in [6, 6.07) is 13.0. The molecule has 1 aliphatic rings. The number of nitro groups is 1. The molecule has 40 heavy (non-hydrogen) atoms. The molecule has 0 spiro atoms. The van der Waals surface area contributed by atoms with Crippen molar-refractivity contribution in [2.45, 2.75) is 19.8 Å². The molecule has 3 aromatic carbocycles. The Morgan fingerprint density at radius 1 is 0.850 bits per heavy atom. The molecule has 0 bridgehead atoms. The van der Waals surface area contributed by atoms with Crippen molar-refractivity contribution in [3.05, 3.63) is 104 Å². The van der Waals surface area contributed by atoms with Crippen LogP contribution in [0.3, 0.4) is 0 Å². The summed E-state index contributed by atoms with van der Waals surface area (Å²) in [5.41, 5.74) is -0.105. The van der Waals surface area contributed by atoms with Gasteiger partial charge in [0.05, 0.1) is 39.5 Å². The summed E-state index contributed by atoms with van der Waals surface area (Å²) in [7, 11) is 0. The number of nitrogens with zero attached hydrogens (tertiary/aromatic N) is 2. The number of hydrogen-bond donors (Lipinski definition) is 0. The van der Waals surface area contributed by atoms with Crippen LogP contribution in [0.4, 0.5) is 11.4 Å². The van der Waals surface area contributed by atoms with Crippen LogP contribution in [0.1, 0.15) is 71.6 Å². The Balaban J connectivity index is 1.44. The highest BCUT2D eigenvalue weighted by molar-refractivity contribution is 6.35. The molecule has 0 N–H and O–H groups in total. The average molecular weight is 565 g/mol. The molecule has 0 aliphatic carbocycles. The second-order valence-electron chi connectivity index (χ2n) is 8.67. The highest BCUT2D eigenvalue weighted by Crippen LogP contribution is 2.30. The second-order valence-corrected chi connectivity index (χ2v) is 9.07. The molecule has 0 aromatic heterocycles. The summed E-state index contributed by atoms with van der Waals surface area (Å²) in [6.07, 6.45) is 1.61. The first-order chi connectivity index (χ1) is 19.1. The van der Waals surface area contributed by atoms with E-state index in [2.05, 4.69) is 0 Å². The van der Waals surface area contributed by atoms with Gasteiger partial charge in [-0.2, -0.15) is 0 Å². The van der Waals surface area contributed by atoms with E-state index in [-0.39, 0.29) is 45.1 Å². The first-order valence-corrected chi connectivity index (χ1v) is 12.4. The van der Waals surface area contributed by atoms with Crippen LogP contribution in [0.25, 0.3) is 0 Å². The Morgan fingerprint density at radius 3 is 2.15 bits per heavy atom. The molecule has 3 aromatic rings. The number of esters is 2. The molecule has 0 radical (unpaired) electrons. The van der Waals surface area contributed by atoms with E-state index in [1.54, 1.807) is 0 Å². The maximum atomic E-state index is 13.1. The molecule has 1 aliphatic heterocycles. The van der Waals surface area contributed by atoms with Gasteiger partial charge in [-0.15, -0.1) is 0 Å². The van der Waals surface area contributed by atoms with E-state index in [0.717, 1.165) is 23.8 Å². The van der Waals surface area contributed by atoms with Gasteiger partial charge in [-0.3, -0.25) is 24.5 Å². The van der Waals surface area contributed by atoms with Gasteiger partial charge < -0.3 is 9.47 Å². The highest BCUT2D eigenvalue weighted by Gasteiger charge is 2.37. The lowest BCUT2D eigenvalue weighted by Crippen LogP contribution is -2.29. The van der Waals surface area contributed by atoms with Crippen LogP contribution in [-0.2, 0) is 9.47 Å². The summed E-state index contributed by atoms with van der Waals surface area (Å²) < 4.78 is 10.2. The Labute approximate surface area is 232 Å². The third-order valence-corrected chi connectivity index (χ3v) is 6.33. The molecule has 0 saturated carbocycles. The van der Waals surface area contributed by atoms with Crippen molar-refractivity contribution in [2.75, 3.05) is 18.1 Å². The van der Waals surface area contributed by atoms with Crippen molar-refractivity contribution in [1.29, 1.82) is 0 Å². The number of halogens is 1. The molecule has 204 valence electrons. The van der Waals surface area contributed by atoms with Crippen molar-refractivity contribution in [1.82, 2.24) is 0 Å². The van der Waals surface area contributed by atoms with Crippen molar-refractivity contribution in [2.24, 2.45) is 0 Å². The Hall–Kier alpha value is -4.90. The number of hydrogen-bond acceptors (Lipinski definition) is 9. The van der Waals surface area contributed by atoms with E-state index >= 15 is 0 Å². The smallest absolute Gasteiger partial charge is 0.338 e. The standard InChI is InChI=1S/C28H21ClN2O9/c1-2-3-12-39-27(35)16-4-8-19(9-5-16)30-25(33)20-10-6-18(13-21(20)26(30)34)28(36)40-15-24(32)17-7-11-22(29)23(14-17)31(37)38/h4-11,13-14H,2-3,12,15H2,1H3. The van der Waals surface area contributed by atoms with Crippen LogP contribution in [0, 0.1) is 10.1 Å². The average Bonchev–Trinajstić information content (AvgIpc) is 3.20. The number of Topliss-reactive ketones (excluding diaryl/α,β-unsaturated/α-hetero) is 1. The Morgan fingerprint density at radius 2 is 1.48 bits per heavy atom. The third-order valence-electron chi connectivity index (χ3n) is 6.01. The number of fused-ring (bicyclic) bond motifs is 1. The minimum absolute atomic E-state index is 0.0397. The molecular weight excluding hydrogens is 544 g/mol. The highest BCUT2D eigenvalue weighted by atomic mass is 35.5. The number of carbonyl (C=O) groups is 5. The lowest BCUT2D eigenvalue weighted by Gasteiger charge is -2.14. The predicted molar refractivity (Wildman–Crippen MR) is 142 cm³/mol. The van der Waals surface area contributed by atoms with Crippen LogP contribution in [0.2, 0.25) is 5.02 Å². The van der Waals surface area contributed by atoms with E-state index in [9.17, 15) is 34.1 Å². The fraction of sp³-hybridized carbons (Fsp3) is 0.179. The summed E-state index contributed by atoms with van der Waals surface area (Å²) in [5, 5.41) is 10.9. The Bertz CT molecular complexity index is 1550. The number of unbranched alkanes of at least 4 members (excludes halogenated alkanes) is 1. The minimum Gasteiger partial charge on any atom is -0.462 e. The zero-order valence-corrected chi connectivity index (χ0v) is 21.8. The molecule has 0 atom stereocenters. The van der Waals surface area contributed by atoms with E-state index < -0.39 is 46.8 Å². The maximum Gasteiger partial charge on any atom is 0.338 e. The van der Waals surface area contributed by atoms with Gasteiger partial charge in [0.2, 0.25) is 5.78 Å². The summed E-state index contributed by atoms with van der Waals surface area (Å²) >= 11 is 5.75. The quantitative estimate of drug-likeness (QED) is 0.0823. The molecule has 1 heterocycles. The molecule has 0 fully saturated rings. The van der Waals surface area contributed by atoms with Gasteiger partial charge in [0, 0.05) is 11.6 Å². The van der Waals surface area contributed by atoms with Crippen LogP contribution >= 0.6 is 11.6 Å². The van der Waals surface area contributed by atoms with Gasteiger partial charge in [-0.1, -0.05) is 24.9 Å². The van der Waals surface area contributed by atoms with Gasteiger partial charge in [0.1, 0.15) is 5.02 Å². The van der Waals surface area contributed by atoms with Crippen molar-refractivity contribution in [3.8, 4) is 0 Å². The lowest BCUT2D eigenvalue weighted by molar-refractivity contribution is -0.384. The first-order valence-electron chi connectivity index (χ1n) is 12.1. The molecule has 4 rings (SSSR count). The fourth-order valence-electron chi connectivity index (χ4n) is 3.87. The Kier molecular flexibility index (Phi) is 8.34. The van der Waals surface area contributed by atoms with Gasteiger partial charge in [0.15, 0.2) is 6.61 Å². The maximum absolute atomic E-state index is 13.1. The zero-order valence-electron chi connectivity index (χ0n) is 21.0. The molecule has 12 heteroatoms. The van der Waals surface area contributed by atoms with E-state index in [4.69, 9.17) is 21.1 Å². The van der Waals surface area contributed by atoms with Crippen LogP contribution < -0.4 is 4.90 Å². The number of rotatable bonds is 10. The number of nitro benzene ring substituents is 1. The van der Waals surface area contributed by atoms with Crippen LogP contribution in [0.15, 0.2) is 60.7 Å². The van der Waals surface area contributed by atoms with Crippen LogP contribution in [-0.4, -0.2) is 47.7 Å². The topological polar surface area (TPSA) is 150 Å². The lowest BCUT2D eigenvalue weighted by atomic mass is 10.1. The molecule has 0 unspecified atom stereocenters. The monoisotopic (exact) mass is 564 g/mol. The van der Waals surface area contributed by atoms with Crippen molar-refractivity contribution in [3.63, 3.8) is 0 Å². The molecule has 0 saturated heterocycles. The van der Waals surface area contributed by atoms with Crippen molar-refractivity contribution >= 4 is 52.5 Å². The zero-order chi connectivity index (χ0) is 29.0. The molecule has 2 amide bonds. The number of carbonyl (C=O) groups excluding carboxylic acids is 5. The molecule has 11 nitrogen and oxygen atoms in total. The number of imide groups is 1. The first kappa shape index (κ1) is 28.1. The molecular formula is C28H21ClN2O9. The minimum atomic E-state index is -0.941. The van der Waals surface area contributed by atoms with Gasteiger partial charge in [-0.25, -0.2) is 14.5 Å². The second kappa shape index (κ2) is 11.9. The number of ether oxygens (including phenoxy) is 2.